The van der Waals surface area contributed by atoms with Crippen LogP contribution in [0.1, 0.15) is 46.5 Å². The second-order valence-corrected chi connectivity index (χ2v) is 7.58. The van der Waals surface area contributed by atoms with Crippen molar-refractivity contribution < 1.29 is 14.3 Å². The van der Waals surface area contributed by atoms with E-state index in [1.807, 2.05) is 30.5 Å². The summed E-state index contributed by atoms with van der Waals surface area (Å²) in [5.41, 5.74) is 1.92. The molecule has 0 saturated heterocycles. The van der Waals surface area contributed by atoms with Crippen molar-refractivity contribution in [3.8, 4) is 0 Å². The first-order valence-electron chi connectivity index (χ1n) is 8.66. The average Bonchev–Trinajstić information content (AvgIpc) is 2.95. The number of anilines is 1. The summed E-state index contributed by atoms with van der Waals surface area (Å²) in [6, 6.07) is 8.90. The normalized spacial score (nSPS) is 12.0. The Hall–Kier alpha value is -2.18. The summed E-state index contributed by atoms with van der Waals surface area (Å²) in [7, 11) is 1.63. The summed E-state index contributed by atoms with van der Waals surface area (Å²) >= 11 is 1.36. The number of ether oxygens (including phenoxy) is 1. The molecule has 26 heavy (non-hydrogen) atoms. The lowest BCUT2D eigenvalue weighted by molar-refractivity contribution is 0.0885. The number of amides is 2. The summed E-state index contributed by atoms with van der Waals surface area (Å²) in [5.74, 6) is 0.0307. The molecule has 0 fully saturated rings. The van der Waals surface area contributed by atoms with Crippen LogP contribution in [0.5, 0.6) is 0 Å². The number of carbonyl (C=O) groups excluding carboxylic acids is 2. The first-order valence-corrected chi connectivity index (χ1v) is 9.54. The Bertz CT molecular complexity index is 741. The molecule has 140 valence electrons. The second-order valence-electron chi connectivity index (χ2n) is 6.70. The molecule has 2 aromatic rings. The Morgan fingerprint density at radius 3 is 2.46 bits per heavy atom. The minimum atomic E-state index is -0.225. The second kappa shape index (κ2) is 9.50. The molecular formula is C20H26N2O3S. The van der Waals surface area contributed by atoms with Gasteiger partial charge in [-0.15, -0.1) is 11.3 Å². The number of hydrogen-bond donors (Lipinski definition) is 2. The van der Waals surface area contributed by atoms with Gasteiger partial charge in [0.05, 0.1) is 18.2 Å². The van der Waals surface area contributed by atoms with E-state index in [2.05, 4.69) is 24.5 Å². The fourth-order valence-corrected chi connectivity index (χ4v) is 3.72. The summed E-state index contributed by atoms with van der Waals surface area (Å²) in [5, 5.41) is 8.34. The van der Waals surface area contributed by atoms with E-state index in [4.69, 9.17) is 4.74 Å². The smallest absolute Gasteiger partial charge is 0.256 e. The minimum absolute atomic E-state index is 0.0653. The molecule has 2 amide bonds. The van der Waals surface area contributed by atoms with E-state index < -0.39 is 0 Å². The van der Waals surface area contributed by atoms with Gasteiger partial charge in [-0.2, -0.15) is 0 Å². The van der Waals surface area contributed by atoms with E-state index in [1.165, 1.54) is 11.3 Å². The van der Waals surface area contributed by atoms with Crippen LogP contribution in [0.4, 0.5) is 5.00 Å². The lowest BCUT2D eigenvalue weighted by atomic mass is 10.0. The number of thiophene rings is 1. The quantitative estimate of drug-likeness (QED) is 0.731. The van der Waals surface area contributed by atoms with Crippen molar-refractivity contribution in [1.82, 2.24) is 5.32 Å². The Labute approximate surface area is 158 Å². The lowest BCUT2D eigenvalue weighted by Gasteiger charge is -2.20. The Balaban J connectivity index is 2.15. The molecule has 1 aromatic carbocycles. The van der Waals surface area contributed by atoms with Crippen LogP contribution in [0.25, 0.3) is 0 Å². The summed E-state index contributed by atoms with van der Waals surface area (Å²) in [6.45, 7) is 6.54. The molecule has 0 aliphatic carbocycles. The third-order valence-electron chi connectivity index (χ3n) is 3.92. The molecule has 0 saturated carbocycles. The summed E-state index contributed by atoms with van der Waals surface area (Å²) in [4.78, 5) is 25.2. The number of methoxy groups -OCH3 is 1. The van der Waals surface area contributed by atoms with Crippen molar-refractivity contribution in [2.45, 2.75) is 33.2 Å². The van der Waals surface area contributed by atoms with E-state index in [9.17, 15) is 9.59 Å². The van der Waals surface area contributed by atoms with Crippen molar-refractivity contribution in [2.75, 3.05) is 19.0 Å². The third-order valence-corrected chi connectivity index (χ3v) is 4.94. The number of benzene rings is 1. The predicted molar refractivity (Wildman–Crippen MR) is 106 cm³/mol. The lowest BCUT2D eigenvalue weighted by Crippen LogP contribution is -2.39. The van der Waals surface area contributed by atoms with Gasteiger partial charge < -0.3 is 15.4 Å². The van der Waals surface area contributed by atoms with Crippen molar-refractivity contribution in [3.05, 3.63) is 52.4 Å². The van der Waals surface area contributed by atoms with E-state index >= 15 is 0 Å². The van der Waals surface area contributed by atoms with Crippen LogP contribution in [0, 0.1) is 12.8 Å². The van der Waals surface area contributed by atoms with Crippen molar-refractivity contribution in [2.24, 2.45) is 5.92 Å². The van der Waals surface area contributed by atoms with Gasteiger partial charge in [0.15, 0.2) is 0 Å². The predicted octanol–water partition coefficient (Wildman–Crippen LogP) is 4.10. The number of rotatable bonds is 8. The summed E-state index contributed by atoms with van der Waals surface area (Å²) in [6.07, 6.45) is 0.828. The highest BCUT2D eigenvalue weighted by Crippen LogP contribution is 2.28. The number of aryl methyl sites for hydroxylation is 1. The Kier molecular flexibility index (Phi) is 7.36. The average molecular weight is 375 g/mol. The maximum atomic E-state index is 12.8. The summed E-state index contributed by atoms with van der Waals surface area (Å²) < 4.78 is 5.22. The standard InChI is InChI=1S/C20H26N2O3S/c1-13(2)10-16(11-25-4)21-19(24)17-14(3)12-26-20(17)22-18(23)15-8-6-5-7-9-15/h5-9,12-13,16H,10-11H2,1-4H3,(H,21,24)(H,22,23). The SMILES string of the molecule is COCC(CC(C)C)NC(=O)c1c(C)csc1NC(=O)c1ccccc1. The molecule has 1 heterocycles. The molecule has 1 aromatic heterocycles. The van der Waals surface area contributed by atoms with Gasteiger partial charge in [-0.05, 0) is 42.3 Å². The highest BCUT2D eigenvalue weighted by atomic mass is 32.1. The molecular weight excluding hydrogens is 348 g/mol. The van der Waals surface area contributed by atoms with Crippen LogP contribution in [0.2, 0.25) is 0 Å². The Morgan fingerprint density at radius 2 is 1.85 bits per heavy atom. The van der Waals surface area contributed by atoms with Crippen LogP contribution in [0.3, 0.4) is 0 Å². The van der Waals surface area contributed by atoms with Crippen molar-refractivity contribution >= 4 is 28.2 Å². The highest BCUT2D eigenvalue weighted by Gasteiger charge is 2.22. The van der Waals surface area contributed by atoms with Crippen LogP contribution < -0.4 is 10.6 Å². The largest absolute Gasteiger partial charge is 0.383 e. The monoisotopic (exact) mass is 374 g/mol. The van der Waals surface area contributed by atoms with Crippen LogP contribution >= 0.6 is 11.3 Å². The topological polar surface area (TPSA) is 67.4 Å². The molecule has 0 aliphatic rings. The molecule has 1 atom stereocenters. The number of carbonyl (C=O) groups is 2. The molecule has 0 spiro atoms. The molecule has 2 N–H and O–H groups in total. The fraction of sp³-hybridized carbons (Fsp3) is 0.400. The minimum Gasteiger partial charge on any atom is -0.383 e. The zero-order valence-corrected chi connectivity index (χ0v) is 16.5. The fourth-order valence-electron chi connectivity index (χ4n) is 2.78. The van der Waals surface area contributed by atoms with Gasteiger partial charge in [-0.1, -0.05) is 32.0 Å². The zero-order valence-electron chi connectivity index (χ0n) is 15.7. The van der Waals surface area contributed by atoms with Gasteiger partial charge in [0.25, 0.3) is 11.8 Å². The van der Waals surface area contributed by atoms with E-state index in [-0.39, 0.29) is 17.9 Å². The molecule has 1 unspecified atom stereocenters. The number of nitrogens with one attached hydrogen (secondary N) is 2. The first kappa shape index (κ1) is 20.1. The molecule has 0 radical (unpaired) electrons. The molecule has 6 heteroatoms. The highest BCUT2D eigenvalue weighted by molar-refractivity contribution is 7.15. The number of hydrogen-bond acceptors (Lipinski definition) is 4. The van der Waals surface area contributed by atoms with Gasteiger partial charge in [-0.3, -0.25) is 9.59 Å². The van der Waals surface area contributed by atoms with Crippen LogP contribution in [-0.2, 0) is 4.74 Å². The first-order chi connectivity index (χ1) is 12.4. The van der Waals surface area contributed by atoms with Gasteiger partial charge >= 0.3 is 0 Å². The molecule has 2 rings (SSSR count). The van der Waals surface area contributed by atoms with E-state index in [0.29, 0.717) is 28.7 Å². The molecule has 5 nitrogen and oxygen atoms in total. The van der Waals surface area contributed by atoms with Gasteiger partial charge in [-0.25, -0.2) is 0 Å². The third kappa shape index (κ3) is 5.41. The van der Waals surface area contributed by atoms with E-state index in [0.717, 1.165) is 12.0 Å². The van der Waals surface area contributed by atoms with Gasteiger partial charge in [0.2, 0.25) is 0 Å². The zero-order chi connectivity index (χ0) is 19.1. The van der Waals surface area contributed by atoms with Gasteiger partial charge in [0.1, 0.15) is 5.00 Å². The van der Waals surface area contributed by atoms with Crippen molar-refractivity contribution in [3.63, 3.8) is 0 Å². The van der Waals surface area contributed by atoms with Crippen molar-refractivity contribution in [1.29, 1.82) is 0 Å². The van der Waals surface area contributed by atoms with Crippen LogP contribution in [0.15, 0.2) is 35.7 Å². The van der Waals surface area contributed by atoms with Crippen LogP contribution in [-0.4, -0.2) is 31.6 Å². The molecule has 0 bridgehead atoms. The maximum Gasteiger partial charge on any atom is 0.256 e. The van der Waals surface area contributed by atoms with E-state index in [1.54, 1.807) is 19.2 Å². The molecule has 0 aliphatic heterocycles. The maximum absolute atomic E-state index is 12.8. The Morgan fingerprint density at radius 1 is 1.15 bits per heavy atom. The van der Waals surface area contributed by atoms with Gasteiger partial charge in [0, 0.05) is 12.7 Å².